The van der Waals surface area contributed by atoms with Crippen LogP contribution in [-0.4, -0.2) is 39.2 Å². The molecule has 1 aliphatic rings. The van der Waals surface area contributed by atoms with Crippen molar-refractivity contribution in [3.05, 3.63) is 28.0 Å². The number of ether oxygens (including phenoxy) is 4. The first kappa shape index (κ1) is 17.2. The molecule has 1 atom stereocenters. The van der Waals surface area contributed by atoms with E-state index in [1.807, 2.05) is 0 Å². The normalized spacial score (nSPS) is 18.0. The summed E-state index contributed by atoms with van der Waals surface area (Å²) in [5.74, 6) is -1.21. The van der Waals surface area contributed by atoms with Crippen LogP contribution in [0.5, 0.6) is 5.75 Å². The summed E-state index contributed by atoms with van der Waals surface area (Å²) in [7, 11) is 1.24. The van der Waals surface area contributed by atoms with Crippen LogP contribution in [0.2, 0.25) is 0 Å². The molecule has 1 saturated heterocycles. The van der Waals surface area contributed by atoms with Crippen molar-refractivity contribution >= 4 is 21.9 Å². The molecule has 0 spiro atoms. The monoisotopic (exact) mass is 376 g/mol. The number of hydrogen-bond acceptors (Lipinski definition) is 5. The lowest BCUT2D eigenvalue weighted by atomic mass is 10.2. The smallest absolute Gasteiger partial charge is 0.339 e. The van der Waals surface area contributed by atoms with E-state index in [1.54, 1.807) is 0 Å². The lowest BCUT2D eigenvalue weighted by Crippen LogP contribution is -2.24. The van der Waals surface area contributed by atoms with Gasteiger partial charge in [-0.1, -0.05) is 0 Å². The summed E-state index contributed by atoms with van der Waals surface area (Å²) >= 11 is 3.04. The maximum Gasteiger partial charge on any atom is 0.339 e. The van der Waals surface area contributed by atoms with Crippen molar-refractivity contribution < 1.29 is 28.1 Å². The van der Waals surface area contributed by atoms with E-state index < -0.39 is 11.8 Å². The zero-order chi connectivity index (χ0) is 15.9. The Hall–Kier alpha value is -1.18. The highest BCUT2D eigenvalue weighted by Gasteiger charge is 2.18. The van der Waals surface area contributed by atoms with Gasteiger partial charge in [-0.25, -0.2) is 9.18 Å². The Morgan fingerprint density at radius 2 is 2.23 bits per heavy atom. The third-order valence-electron chi connectivity index (χ3n) is 3.23. The summed E-state index contributed by atoms with van der Waals surface area (Å²) in [6.45, 7) is 1.21. The first-order valence-corrected chi connectivity index (χ1v) is 7.85. The van der Waals surface area contributed by atoms with Gasteiger partial charge in [0.2, 0.25) is 0 Å². The van der Waals surface area contributed by atoms with Gasteiger partial charge >= 0.3 is 5.97 Å². The number of esters is 1. The first-order chi connectivity index (χ1) is 10.6. The summed E-state index contributed by atoms with van der Waals surface area (Å²) in [5, 5.41) is 0. The quantitative estimate of drug-likeness (QED) is 0.563. The van der Waals surface area contributed by atoms with Gasteiger partial charge in [0.1, 0.15) is 6.61 Å². The molecular weight excluding hydrogens is 359 g/mol. The maximum atomic E-state index is 14.1. The zero-order valence-electron chi connectivity index (χ0n) is 12.3. The summed E-state index contributed by atoms with van der Waals surface area (Å²) in [6.07, 6.45) is 2.81. The van der Waals surface area contributed by atoms with Gasteiger partial charge in [0.05, 0.1) is 23.8 Å². The molecule has 1 aromatic carbocycles. The molecule has 1 fully saturated rings. The fourth-order valence-electron chi connectivity index (χ4n) is 2.08. The molecule has 0 saturated carbocycles. The molecule has 1 heterocycles. The van der Waals surface area contributed by atoms with E-state index in [9.17, 15) is 9.18 Å². The van der Waals surface area contributed by atoms with Crippen LogP contribution < -0.4 is 4.74 Å². The molecule has 0 aliphatic carbocycles. The lowest BCUT2D eigenvalue weighted by Gasteiger charge is -2.22. The molecule has 7 heteroatoms. The Bertz CT molecular complexity index is 517. The Kier molecular flexibility index (Phi) is 6.60. The fraction of sp³-hybridized carbons (Fsp3) is 0.533. The Morgan fingerprint density at radius 3 is 2.91 bits per heavy atom. The average molecular weight is 377 g/mol. The topological polar surface area (TPSA) is 54.0 Å². The van der Waals surface area contributed by atoms with Crippen molar-refractivity contribution in [1.29, 1.82) is 0 Å². The molecule has 1 aliphatic heterocycles. The van der Waals surface area contributed by atoms with Gasteiger partial charge in [-0.15, -0.1) is 0 Å². The van der Waals surface area contributed by atoms with Gasteiger partial charge in [0.15, 0.2) is 17.9 Å². The van der Waals surface area contributed by atoms with Crippen molar-refractivity contribution in [2.75, 3.05) is 26.9 Å². The minimum absolute atomic E-state index is 0.0217. The molecule has 2 rings (SSSR count). The Morgan fingerprint density at radius 1 is 1.41 bits per heavy atom. The zero-order valence-corrected chi connectivity index (χ0v) is 13.9. The third kappa shape index (κ3) is 4.41. The second-order valence-electron chi connectivity index (χ2n) is 4.75. The molecule has 122 valence electrons. The number of hydrogen-bond donors (Lipinski definition) is 0. The average Bonchev–Trinajstić information content (AvgIpc) is 2.55. The predicted octanol–water partition coefficient (Wildman–Crippen LogP) is 3.30. The number of carbonyl (C=O) groups excluding carboxylic acids is 1. The van der Waals surface area contributed by atoms with Gasteiger partial charge in [0.25, 0.3) is 0 Å². The highest BCUT2D eigenvalue weighted by atomic mass is 79.9. The van der Waals surface area contributed by atoms with E-state index in [0.717, 1.165) is 19.3 Å². The molecular formula is C15H18BrFO5. The summed E-state index contributed by atoms with van der Waals surface area (Å²) in [6, 6.07) is 2.84. The van der Waals surface area contributed by atoms with E-state index in [4.69, 9.17) is 14.2 Å². The number of methoxy groups -OCH3 is 1. The van der Waals surface area contributed by atoms with Gasteiger partial charge in [-0.2, -0.15) is 0 Å². The maximum absolute atomic E-state index is 14.1. The standard InChI is InChI=1S/C15H18BrFO5/c1-19-15(18)10-5-6-11(14(17)13(10)16)20-8-9-22-12-4-2-3-7-21-12/h5-6,12H,2-4,7-9H2,1H3. The van der Waals surface area contributed by atoms with Crippen molar-refractivity contribution in [3.8, 4) is 5.75 Å². The van der Waals surface area contributed by atoms with Crippen molar-refractivity contribution in [3.63, 3.8) is 0 Å². The van der Waals surface area contributed by atoms with Crippen molar-refractivity contribution in [2.24, 2.45) is 0 Å². The molecule has 5 nitrogen and oxygen atoms in total. The second kappa shape index (κ2) is 8.45. The van der Waals surface area contributed by atoms with E-state index >= 15 is 0 Å². The molecule has 22 heavy (non-hydrogen) atoms. The van der Waals surface area contributed by atoms with Gasteiger partial charge in [0, 0.05) is 6.61 Å². The number of rotatable bonds is 6. The fourth-order valence-corrected chi connectivity index (χ4v) is 2.57. The number of benzene rings is 1. The van der Waals surface area contributed by atoms with Crippen LogP contribution in [0.25, 0.3) is 0 Å². The number of halogens is 2. The van der Waals surface area contributed by atoms with Crippen LogP contribution in [0.1, 0.15) is 29.6 Å². The van der Waals surface area contributed by atoms with Crippen molar-refractivity contribution in [2.45, 2.75) is 25.6 Å². The van der Waals surface area contributed by atoms with Crippen LogP contribution in [0.15, 0.2) is 16.6 Å². The highest BCUT2D eigenvalue weighted by Crippen LogP contribution is 2.29. The Labute approximate surface area is 136 Å². The third-order valence-corrected chi connectivity index (χ3v) is 4.01. The van der Waals surface area contributed by atoms with Crippen molar-refractivity contribution in [1.82, 2.24) is 0 Å². The van der Waals surface area contributed by atoms with E-state index in [2.05, 4.69) is 20.7 Å². The second-order valence-corrected chi connectivity index (χ2v) is 5.54. The Balaban J connectivity index is 1.85. The highest BCUT2D eigenvalue weighted by molar-refractivity contribution is 9.10. The summed E-state index contributed by atoms with van der Waals surface area (Å²) in [4.78, 5) is 11.4. The van der Waals surface area contributed by atoms with Crippen LogP contribution >= 0.6 is 15.9 Å². The van der Waals surface area contributed by atoms with Crippen LogP contribution in [-0.2, 0) is 14.2 Å². The molecule has 1 unspecified atom stereocenters. The van der Waals surface area contributed by atoms with Gasteiger partial charge in [-0.3, -0.25) is 0 Å². The minimum atomic E-state index is -0.642. The van der Waals surface area contributed by atoms with E-state index in [-0.39, 0.29) is 28.7 Å². The van der Waals surface area contributed by atoms with Crippen LogP contribution in [0.4, 0.5) is 4.39 Å². The van der Waals surface area contributed by atoms with E-state index in [0.29, 0.717) is 13.2 Å². The SMILES string of the molecule is COC(=O)c1ccc(OCCOC2CCCCO2)c(F)c1Br. The molecule has 0 aromatic heterocycles. The van der Waals surface area contributed by atoms with Crippen LogP contribution in [0.3, 0.4) is 0 Å². The summed E-state index contributed by atoms with van der Waals surface area (Å²) in [5.41, 5.74) is 0.110. The van der Waals surface area contributed by atoms with Gasteiger partial charge in [-0.05, 0) is 47.3 Å². The predicted molar refractivity (Wildman–Crippen MR) is 80.5 cm³/mol. The molecule has 0 N–H and O–H groups in total. The molecule has 1 aromatic rings. The molecule has 0 bridgehead atoms. The van der Waals surface area contributed by atoms with Crippen LogP contribution in [0, 0.1) is 5.82 Å². The lowest BCUT2D eigenvalue weighted by molar-refractivity contribution is -0.165. The number of carbonyl (C=O) groups is 1. The largest absolute Gasteiger partial charge is 0.488 e. The van der Waals surface area contributed by atoms with Gasteiger partial charge < -0.3 is 18.9 Å². The van der Waals surface area contributed by atoms with E-state index in [1.165, 1.54) is 19.2 Å². The molecule has 0 amide bonds. The first-order valence-electron chi connectivity index (χ1n) is 7.05. The summed E-state index contributed by atoms with van der Waals surface area (Å²) < 4.78 is 34.9. The molecule has 0 radical (unpaired) electrons. The minimum Gasteiger partial charge on any atom is -0.488 e.